The van der Waals surface area contributed by atoms with Crippen molar-refractivity contribution >= 4 is 35.3 Å². The number of aliphatic hydroxyl groups is 1. The fraction of sp³-hybridized carbons (Fsp3) is 0.250. The quantitative estimate of drug-likeness (QED) is 0.0588. The highest BCUT2D eigenvalue weighted by molar-refractivity contribution is 6.23. The molecule has 72 heavy (non-hydrogen) atoms. The summed E-state index contributed by atoms with van der Waals surface area (Å²) in [6.45, 7) is -0.345. The number of carbonyl (C=O) groups excluding carboxylic acids is 4. The Balaban J connectivity index is 1.22. The van der Waals surface area contributed by atoms with Gasteiger partial charge in [-0.2, -0.15) is 0 Å². The third-order valence-electron chi connectivity index (χ3n) is 14.1. The molecule has 6 aromatic rings. The number of benzene rings is 6. The summed E-state index contributed by atoms with van der Waals surface area (Å²) in [5.41, 5.74) is 2.26. The van der Waals surface area contributed by atoms with Gasteiger partial charge in [0.25, 0.3) is 5.69 Å². The van der Waals surface area contributed by atoms with Gasteiger partial charge in [-0.15, -0.1) is 0 Å². The number of amides is 3. The van der Waals surface area contributed by atoms with Crippen LogP contribution in [0.5, 0.6) is 17.2 Å². The molecule has 0 bridgehead atoms. The van der Waals surface area contributed by atoms with E-state index in [0.29, 0.717) is 45.7 Å². The smallest absolute Gasteiger partial charge is 0.421 e. The molecule has 0 radical (unpaired) electrons. The molecule has 6 atom stereocenters. The van der Waals surface area contributed by atoms with Crippen molar-refractivity contribution < 1.29 is 53.3 Å². The van der Waals surface area contributed by atoms with Gasteiger partial charge in [-0.1, -0.05) is 84.6 Å². The number of rotatable bonds is 10. The van der Waals surface area contributed by atoms with Crippen LogP contribution in [0, 0.1) is 27.9 Å². The molecule has 16 heteroatoms. The van der Waals surface area contributed by atoms with E-state index in [9.17, 15) is 25.1 Å². The second-order valence-corrected chi connectivity index (χ2v) is 18.0. The van der Waals surface area contributed by atoms with E-state index in [1.807, 2.05) is 77.7 Å². The van der Waals surface area contributed by atoms with Crippen LogP contribution in [0.25, 0.3) is 0 Å². The van der Waals surface area contributed by atoms with Gasteiger partial charge >= 0.3 is 12.1 Å². The second-order valence-electron chi connectivity index (χ2n) is 18.0. The van der Waals surface area contributed by atoms with Crippen molar-refractivity contribution in [2.45, 2.75) is 55.6 Å². The van der Waals surface area contributed by atoms with Crippen LogP contribution < -0.4 is 14.4 Å². The van der Waals surface area contributed by atoms with Crippen molar-refractivity contribution in [2.24, 2.45) is 5.92 Å². The number of morpholine rings is 1. The van der Waals surface area contributed by atoms with Gasteiger partial charge in [0.05, 0.1) is 49.4 Å². The Morgan fingerprint density at radius 2 is 1.49 bits per heavy atom. The van der Waals surface area contributed by atoms with Crippen LogP contribution >= 0.6 is 0 Å². The Hall–Kier alpha value is -8.52. The highest BCUT2D eigenvalue weighted by atomic mass is 16.6. The van der Waals surface area contributed by atoms with Crippen LogP contribution in [0.15, 0.2) is 140 Å². The zero-order valence-corrected chi connectivity index (χ0v) is 39.2. The van der Waals surface area contributed by atoms with Gasteiger partial charge < -0.3 is 34.1 Å². The number of non-ortho nitro benzene ring substituents is 1. The summed E-state index contributed by atoms with van der Waals surface area (Å²) < 4.78 is 23.8. The number of phenols is 1. The maximum Gasteiger partial charge on any atom is 0.421 e. The predicted octanol–water partition coefficient (Wildman–Crippen LogP) is 7.64. The Labute approximate surface area is 414 Å². The van der Waals surface area contributed by atoms with E-state index in [0.717, 1.165) is 16.0 Å². The van der Waals surface area contributed by atoms with Gasteiger partial charge in [0.2, 0.25) is 11.8 Å². The minimum atomic E-state index is -2.13. The molecular formula is C56H48N4O12. The fourth-order valence-electron chi connectivity index (χ4n) is 11.0. The lowest BCUT2D eigenvalue weighted by molar-refractivity contribution is -0.384. The number of cyclic esters (lactones) is 1. The number of phenolic OH excluding ortho intramolecular Hbond substituents is 1. The average Bonchev–Trinajstić information content (AvgIpc) is 3.86. The van der Waals surface area contributed by atoms with E-state index in [2.05, 4.69) is 11.8 Å². The molecule has 2 N–H and O–H groups in total. The first-order valence-electron chi connectivity index (χ1n) is 23.4. The number of carbonyl (C=O) groups is 4. The van der Waals surface area contributed by atoms with Crippen molar-refractivity contribution in [1.82, 2.24) is 9.80 Å². The zero-order valence-electron chi connectivity index (χ0n) is 39.2. The lowest BCUT2D eigenvalue weighted by atomic mass is 9.64. The Morgan fingerprint density at radius 3 is 2.14 bits per heavy atom. The van der Waals surface area contributed by atoms with Crippen molar-refractivity contribution in [3.63, 3.8) is 0 Å². The summed E-state index contributed by atoms with van der Waals surface area (Å²) in [6, 6.07) is 35.2. The molecule has 4 aliphatic rings. The summed E-state index contributed by atoms with van der Waals surface area (Å²) in [5.74, 6) is 3.13. The van der Waals surface area contributed by atoms with Gasteiger partial charge in [0.15, 0.2) is 11.5 Å². The number of esters is 1. The third-order valence-corrected chi connectivity index (χ3v) is 14.1. The van der Waals surface area contributed by atoms with Gasteiger partial charge in [-0.05, 0) is 100.0 Å². The Bertz CT molecular complexity index is 3160. The molecule has 4 aliphatic heterocycles. The number of aliphatic hydroxyl groups excluding tert-OH is 1. The second kappa shape index (κ2) is 19.3. The van der Waals surface area contributed by atoms with E-state index >= 15 is 14.4 Å². The number of nitro groups is 1. The molecule has 2 fully saturated rings. The minimum absolute atomic E-state index is 0.0657. The number of hydrogen-bond acceptors (Lipinski definition) is 13. The summed E-state index contributed by atoms with van der Waals surface area (Å²) in [4.78, 5) is 78.8. The summed E-state index contributed by atoms with van der Waals surface area (Å²) in [7, 11) is 3.06. The maximum atomic E-state index is 16.6. The van der Waals surface area contributed by atoms with Crippen LogP contribution in [-0.4, -0.2) is 82.2 Å². The van der Waals surface area contributed by atoms with Crippen molar-refractivity contribution in [2.75, 3.05) is 32.3 Å². The maximum absolute atomic E-state index is 16.6. The van der Waals surface area contributed by atoms with E-state index < -0.39 is 64.4 Å². The van der Waals surface area contributed by atoms with E-state index in [1.165, 1.54) is 43.5 Å². The highest BCUT2D eigenvalue weighted by Gasteiger charge is 2.76. The molecule has 364 valence electrons. The molecule has 0 aliphatic carbocycles. The molecule has 1 spiro atoms. The molecule has 10 rings (SSSR count). The van der Waals surface area contributed by atoms with Crippen LogP contribution in [0.4, 0.5) is 16.2 Å². The van der Waals surface area contributed by atoms with Gasteiger partial charge in [-0.25, -0.2) is 9.69 Å². The standard InChI is InChI=1S/C56H48N4O12/c1-69-45-30-39-26-27-57(32-40(39)31-46(45)70-2)52(63)47-49-53(64)72-50(37-14-7-4-8-15-37)48(36-12-5-3-6-13-36)59(49)51(38-19-23-42(62)24-20-38)56(47)43-29-34(11-9-10-28-61)18-25-44(43)58(54(56)65)55(66)71-33-35-16-21-41(22-17-35)60(67)68/h3-8,12-25,29-31,47-51,61-62H,10,26-28,32-33H2,1-2H3/t47-,48-,49-,50+,51+,56-/m0/s1. The lowest BCUT2D eigenvalue weighted by Crippen LogP contribution is -2.57. The van der Waals surface area contributed by atoms with Gasteiger partial charge in [-0.3, -0.25) is 29.4 Å². The number of hydrogen-bond donors (Lipinski definition) is 2. The van der Waals surface area contributed by atoms with Crippen LogP contribution in [0.1, 0.15) is 69.1 Å². The van der Waals surface area contributed by atoms with E-state index in [4.69, 9.17) is 18.9 Å². The van der Waals surface area contributed by atoms with Crippen LogP contribution in [0.3, 0.4) is 0 Å². The van der Waals surface area contributed by atoms with E-state index in [1.54, 1.807) is 42.3 Å². The SMILES string of the molecule is COc1cc2c(cc1OC)CN(C(=O)[C@@H]1[C@H]3C(=O)O[C@H](c4ccccc4)[C@H](c4ccccc4)N3[C@H](c3ccc(O)cc3)[C@@]13C(=O)N(C(=O)OCc1ccc([N+](=O)[O-])cc1)c1ccc(C#CCCO)cc13)CC2. The normalized spacial score (nSPS) is 22.0. The van der Waals surface area contributed by atoms with Crippen molar-refractivity contribution in [3.8, 4) is 29.1 Å². The first-order valence-corrected chi connectivity index (χ1v) is 23.4. The highest BCUT2D eigenvalue weighted by Crippen LogP contribution is 2.66. The average molecular weight is 969 g/mol. The van der Waals surface area contributed by atoms with Gasteiger partial charge in [0.1, 0.15) is 29.9 Å². The Kier molecular flexibility index (Phi) is 12.7. The molecule has 6 aromatic carbocycles. The number of nitrogens with zero attached hydrogens (tertiary/aromatic N) is 4. The molecule has 0 unspecified atom stereocenters. The lowest BCUT2D eigenvalue weighted by Gasteiger charge is -2.46. The van der Waals surface area contributed by atoms with E-state index in [-0.39, 0.29) is 55.4 Å². The minimum Gasteiger partial charge on any atom is -0.508 e. The number of fused-ring (bicyclic) bond motifs is 4. The topological polar surface area (TPSA) is 199 Å². The molecule has 0 aromatic heterocycles. The number of anilines is 1. The number of imide groups is 1. The summed E-state index contributed by atoms with van der Waals surface area (Å²) in [6.07, 6.45) is -1.55. The molecule has 3 amide bonds. The monoisotopic (exact) mass is 968 g/mol. The van der Waals surface area contributed by atoms with Gasteiger partial charge in [0, 0.05) is 37.2 Å². The number of aromatic hydroxyl groups is 1. The molecule has 16 nitrogen and oxygen atoms in total. The number of nitro benzene ring substituents is 1. The van der Waals surface area contributed by atoms with Crippen LogP contribution in [-0.2, 0) is 48.8 Å². The first-order chi connectivity index (χ1) is 35.0. The molecular weight excluding hydrogens is 921 g/mol. The molecule has 0 saturated carbocycles. The Morgan fingerprint density at radius 1 is 0.819 bits per heavy atom. The first kappa shape index (κ1) is 47.2. The number of ether oxygens (including phenoxy) is 4. The molecule has 4 heterocycles. The largest absolute Gasteiger partial charge is 0.508 e. The molecule has 2 saturated heterocycles. The third kappa shape index (κ3) is 8.02. The van der Waals surface area contributed by atoms with Crippen molar-refractivity contribution in [3.05, 3.63) is 194 Å². The predicted molar refractivity (Wildman–Crippen MR) is 261 cm³/mol. The van der Waals surface area contributed by atoms with Crippen molar-refractivity contribution in [1.29, 1.82) is 0 Å². The van der Waals surface area contributed by atoms with Crippen LogP contribution in [0.2, 0.25) is 0 Å². The fourth-order valence-corrected chi connectivity index (χ4v) is 11.0. The summed E-state index contributed by atoms with van der Waals surface area (Å²) >= 11 is 0. The number of methoxy groups -OCH3 is 2. The summed E-state index contributed by atoms with van der Waals surface area (Å²) in [5, 5.41) is 31.9. The zero-order chi connectivity index (χ0) is 50.3.